The summed E-state index contributed by atoms with van der Waals surface area (Å²) in [4.78, 5) is 12.2. The number of hydrogen-bond acceptors (Lipinski definition) is 3. The second kappa shape index (κ2) is 8.74. The molecular weight excluding hydrogens is 338 g/mol. The zero-order valence-corrected chi connectivity index (χ0v) is 14.3. The number of halogens is 3. The highest BCUT2D eigenvalue weighted by atomic mass is 35.5. The molecule has 2 fully saturated rings. The summed E-state index contributed by atoms with van der Waals surface area (Å²) in [5.41, 5.74) is 0.165. The first-order valence-electron chi connectivity index (χ1n) is 8.23. The predicted molar refractivity (Wildman–Crippen MR) is 89.8 cm³/mol. The lowest BCUT2D eigenvalue weighted by molar-refractivity contribution is 0.0694. The molecule has 0 aromatic heterocycles. The standard InChI is InChI=1S/C17H22F2N2O2.ClH/c18-15-10-14(17(22)21-12-3-7-23-8-4-12)16(19)9-13(15)11-1-5-20-6-2-11;/h9-12,20H,1-8H2,(H,21,22);1H. The Labute approximate surface area is 146 Å². The summed E-state index contributed by atoms with van der Waals surface area (Å²) < 4.78 is 33.9. The van der Waals surface area contributed by atoms with Crippen LogP contribution in [0.4, 0.5) is 8.78 Å². The highest BCUT2D eigenvalue weighted by Gasteiger charge is 2.24. The van der Waals surface area contributed by atoms with Crippen molar-refractivity contribution >= 4 is 18.3 Å². The van der Waals surface area contributed by atoms with Gasteiger partial charge in [-0.25, -0.2) is 8.78 Å². The van der Waals surface area contributed by atoms with Gasteiger partial charge in [0.05, 0.1) is 5.56 Å². The van der Waals surface area contributed by atoms with Crippen LogP contribution in [0.5, 0.6) is 0 Å². The zero-order chi connectivity index (χ0) is 16.2. The van der Waals surface area contributed by atoms with Gasteiger partial charge in [-0.2, -0.15) is 0 Å². The Balaban J connectivity index is 0.00000208. The van der Waals surface area contributed by atoms with Crippen molar-refractivity contribution in [3.63, 3.8) is 0 Å². The van der Waals surface area contributed by atoms with Crippen LogP contribution in [0.1, 0.15) is 47.5 Å². The summed E-state index contributed by atoms with van der Waals surface area (Å²) >= 11 is 0. The summed E-state index contributed by atoms with van der Waals surface area (Å²) in [7, 11) is 0. The monoisotopic (exact) mass is 360 g/mol. The van der Waals surface area contributed by atoms with Crippen LogP contribution in [-0.4, -0.2) is 38.3 Å². The van der Waals surface area contributed by atoms with Crippen molar-refractivity contribution in [3.05, 3.63) is 34.9 Å². The first-order chi connectivity index (χ1) is 11.1. The SMILES string of the molecule is Cl.O=C(NC1CCOCC1)c1cc(F)c(C2CCNCC2)cc1F. The normalized spacial score (nSPS) is 19.6. The van der Waals surface area contributed by atoms with Crippen molar-refractivity contribution in [1.29, 1.82) is 0 Å². The van der Waals surface area contributed by atoms with Crippen molar-refractivity contribution < 1.29 is 18.3 Å². The number of carbonyl (C=O) groups is 1. The number of ether oxygens (including phenoxy) is 1. The van der Waals surface area contributed by atoms with Gasteiger partial charge in [-0.1, -0.05) is 0 Å². The largest absolute Gasteiger partial charge is 0.381 e. The number of benzene rings is 1. The molecule has 0 saturated carbocycles. The minimum atomic E-state index is -0.649. The Bertz CT molecular complexity index is 574. The van der Waals surface area contributed by atoms with Crippen LogP contribution in [-0.2, 0) is 4.74 Å². The van der Waals surface area contributed by atoms with Crippen molar-refractivity contribution in [2.75, 3.05) is 26.3 Å². The number of amides is 1. The molecule has 2 aliphatic heterocycles. The van der Waals surface area contributed by atoms with Crippen molar-refractivity contribution in [2.45, 2.75) is 37.6 Å². The third kappa shape index (κ3) is 4.43. The van der Waals surface area contributed by atoms with E-state index in [4.69, 9.17) is 4.74 Å². The van der Waals surface area contributed by atoms with E-state index in [9.17, 15) is 13.6 Å². The molecule has 2 aliphatic rings. The average Bonchev–Trinajstić information content (AvgIpc) is 2.58. The van der Waals surface area contributed by atoms with Gasteiger partial charge < -0.3 is 15.4 Å². The Morgan fingerprint density at radius 2 is 1.75 bits per heavy atom. The maximum atomic E-state index is 14.4. The average molecular weight is 361 g/mol. The second-order valence-corrected chi connectivity index (χ2v) is 6.24. The molecule has 2 heterocycles. The molecule has 2 N–H and O–H groups in total. The van der Waals surface area contributed by atoms with Crippen LogP contribution in [0.15, 0.2) is 12.1 Å². The van der Waals surface area contributed by atoms with Crippen LogP contribution in [0, 0.1) is 11.6 Å². The highest BCUT2D eigenvalue weighted by molar-refractivity contribution is 5.94. The summed E-state index contributed by atoms with van der Waals surface area (Å²) in [6.45, 7) is 2.77. The van der Waals surface area contributed by atoms with E-state index in [-0.39, 0.29) is 29.9 Å². The second-order valence-electron chi connectivity index (χ2n) is 6.24. The molecule has 24 heavy (non-hydrogen) atoms. The number of rotatable bonds is 3. The van der Waals surface area contributed by atoms with Crippen LogP contribution in [0.2, 0.25) is 0 Å². The summed E-state index contributed by atoms with van der Waals surface area (Å²) in [5, 5.41) is 5.97. The van der Waals surface area contributed by atoms with E-state index in [1.165, 1.54) is 6.07 Å². The van der Waals surface area contributed by atoms with Crippen molar-refractivity contribution in [1.82, 2.24) is 10.6 Å². The molecule has 0 unspecified atom stereocenters. The van der Waals surface area contributed by atoms with E-state index in [0.29, 0.717) is 31.6 Å². The Hall–Kier alpha value is -1.24. The molecule has 134 valence electrons. The third-order valence-electron chi connectivity index (χ3n) is 4.67. The molecule has 7 heteroatoms. The number of nitrogens with one attached hydrogen (secondary N) is 2. The summed E-state index contributed by atoms with van der Waals surface area (Å²) in [6, 6.07) is 2.20. The molecule has 4 nitrogen and oxygen atoms in total. The molecule has 2 saturated heterocycles. The number of hydrogen-bond donors (Lipinski definition) is 2. The Morgan fingerprint density at radius 3 is 2.42 bits per heavy atom. The quantitative estimate of drug-likeness (QED) is 0.871. The number of carbonyl (C=O) groups excluding carboxylic acids is 1. The molecule has 1 amide bonds. The fourth-order valence-electron chi connectivity index (χ4n) is 3.29. The molecular formula is C17H23ClF2N2O2. The van der Waals surface area contributed by atoms with Gasteiger partial charge in [0.2, 0.25) is 0 Å². The highest BCUT2D eigenvalue weighted by Crippen LogP contribution is 2.29. The summed E-state index contributed by atoms with van der Waals surface area (Å²) in [5.74, 6) is -1.68. The van der Waals surface area contributed by atoms with Gasteiger partial charge in [0.1, 0.15) is 11.6 Å². The third-order valence-corrected chi connectivity index (χ3v) is 4.67. The van der Waals surface area contributed by atoms with Crippen LogP contribution in [0.3, 0.4) is 0 Å². The lowest BCUT2D eigenvalue weighted by Gasteiger charge is -2.25. The van der Waals surface area contributed by atoms with Gasteiger partial charge >= 0.3 is 0 Å². The van der Waals surface area contributed by atoms with E-state index in [1.807, 2.05) is 0 Å². The summed E-state index contributed by atoms with van der Waals surface area (Å²) in [6.07, 6.45) is 2.96. The van der Waals surface area contributed by atoms with Gasteiger partial charge in [0, 0.05) is 19.3 Å². The fourth-order valence-corrected chi connectivity index (χ4v) is 3.29. The van der Waals surface area contributed by atoms with Gasteiger partial charge in [0.15, 0.2) is 0 Å². The minimum Gasteiger partial charge on any atom is -0.381 e. The fraction of sp³-hybridized carbons (Fsp3) is 0.588. The van der Waals surface area contributed by atoms with E-state index in [2.05, 4.69) is 10.6 Å². The van der Waals surface area contributed by atoms with Crippen LogP contribution < -0.4 is 10.6 Å². The zero-order valence-electron chi connectivity index (χ0n) is 13.4. The molecule has 0 aliphatic carbocycles. The van der Waals surface area contributed by atoms with Crippen LogP contribution >= 0.6 is 12.4 Å². The minimum absolute atomic E-state index is 0. The van der Waals surface area contributed by atoms with E-state index < -0.39 is 17.5 Å². The molecule has 3 rings (SSSR count). The molecule has 0 radical (unpaired) electrons. The molecule has 0 spiro atoms. The smallest absolute Gasteiger partial charge is 0.254 e. The predicted octanol–water partition coefficient (Wildman–Crippen LogP) is 2.76. The molecule has 1 aromatic rings. The Morgan fingerprint density at radius 1 is 1.08 bits per heavy atom. The van der Waals surface area contributed by atoms with E-state index in [0.717, 1.165) is 32.0 Å². The topological polar surface area (TPSA) is 50.4 Å². The number of piperidine rings is 1. The van der Waals surface area contributed by atoms with E-state index >= 15 is 0 Å². The first kappa shape index (κ1) is 19.1. The maximum absolute atomic E-state index is 14.4. The van der Waals surface area contributed by atoms with Gasteiger partial charge in [-0.05, 0) is 62.4 Å². The molecule has 0 atom stereocenters. The Kier molecular flexibility index (Phi) is 6.95. The van der Waals surface area contributed by atoms with Gasteiger partial charge in [0.25, 0.3) is 5.91 Å². The lowest BCUT2D eigenvalue weighted by atomic mass is 9.89. The van der Waals surface area contributed by atoms with Gasteiger partial charge in [-0.3, -0.25) is 4.79 Å². The maximum Gasteiger partial charge on any atom is 0.254 e. The van der Waals surface area contributed by atoms with Crippen LogP contribution in [0.25, 0.3) is 0 Å². The molecule has 1 aromatic carbocycles. The van der Waals surface area contributed by atoms with Gasteiger partial charge in [-0.15, -0.1) is 12.4 Å². The van der Waals surface area contributed by atoms with Crippen molar-refractivity contribution in [2.24, 2.45) is 0 Å². The van der Waals surface area contributed by atoms with E-state index in [1.54, 1.807) is 0 Å². The molecule has 0 bridgehead atoms. The van der Waals surface area contributed by atoms with Crippen molar-refractivity contribution in [3.8, 4) is 0 Å². The first-order valence-corrected chi connectivity index (χ1v) is 8.23. The lowest BCUT2D eigenvalue weighted by Crippen LogP contribution is -2.39.